The van der Waals surface area contributed by atoms with E-state index in [-0.39, 0.29) is 0 Å². The standard InChI is InChI=1S/C14H23N3O/c1-3-15-13(6-10-8-16-17(2)9-10)12-7-11-4-5-14(12)18-11/h8-9,11-15H,3-7H2,1-2H3. The van der Waals surface area contributed by atoms with Crippen molar-refractivity contribution in [2.75, 3.05) is 6.54 Å². The summed E-state index contributed by atoms with van der Waals surface area (Å²) in [5, 5.41) is 7.91. The first-order chi connectivity index (χ1) is 8.76. The Balaban J connectivity index is 1.68. The fourth-order valence-corrected chi connectivity index (χ4v) is 3.57. The molecule has 1 N–H and O–H groups in total. The maximum atomic E-state index is 5.99. The number of hydrogen-bond donors (Lipinski definition) is 1. The number of rotatable bonds is 5. The molecule has 0 aromatic carbocycles. The van der Waals surface area contributed by atoms with Crippen molar-refractivity contribution in [1.29, 1.82) is 0 Å². The SMILES string of the molecule is CCNC(Cc1cnn(C)c1)C1CC2CCC1O2. The lowest BCUT2D eigenvalue weighted by Gasteiger charge is -2.28. The van der Waals surface area contributed by atoms with Gasteiger partial charge in [-0.3, -0.25) is 4.68 Å². The molecule has 0 amide bonds. The summed E-state index contributed by atoms with van der Waals surface area (Å²) in [7, 11) is 1.98. The van der Waals surface area contributed by atoms with Crippen LogP contribution in [-0.2, 0) is 18.2 Å². The third-order valence-corrected chi connectivity index (χ3v) is 4.35. The molecular formula is C14H23N3O. The molecular weight excluding hydrogens is 226 g/mol. The van der Waals surface area contributed by atoms with E-state index in [1.54, 1.807) is 0 Å². The lowest BCUT2D eigenvalue weighted by atomic mass is 9.82. The molecule has 1 aromatic rings. The Morgan fingerprint density at radius 2 is 2.44 bits per heavy atom. The Hall–Kier alpha value is -0.870. The van der Waals surface area contributed by atoms with Crippen molar-refractivity contribution in [3.63, 3.8) is 0 Å². The van der Waals surface area contributed by atoms with Crippen LogP contribution in [0.15, 0.2) is 12.4 Å². The second-order valence-corrected chi connectivity index (χ2v) is 5.66. The van der Waals surface area contributed by atoms with Gasteiger partial charge >= 0.3 is 0 Å². The van der Waals surface area contributed by atoms with Crippen LogP contribution in [0.1, 0.15) is 31.7 Å². The quantitative estimate of drug-likeness (QED) is 0.859. The van der Waals surface area contributed by atoms with E-state index in [0.29, 0.717) is 24.2 Å². The molecule has 4 atom stereocenters. The number of hydrogen-bond acceptors (Lipinski definition) is 3. The van der Waals surface area contributed by atoms with Crippen molar-refractivity contribution in [2.45, 2.75) is 50.9 Å². The van der Waals surface area contributed by atoms with Crippen molar-refractivity contribution >= 4 is 0 Å². The number of aryl methyl sites for hydroxylation is 1. The number of fused-ring (bicyclic) bond motifs is 2. The predicted octanol–water partition coefficient (Wildman–Crippen LogP) is 1.51. The number of nitrogens with zero attached hydrogens (tertiary/aromatic N) is 2. The minimum atomic E-state index is 0.496. The number of nitrogens with one attached hydrogen (secondary N) is 1. The van der Waals surface area contributed by atoms with Crippen molar-refractivity contribution < 1.29 is 4.74 Å². The topological polar surface area (TPSA) is 39.1 Å². The molecule has 1 aromatic heterocycles. The molecule has 3 heterocycles. The average molecular weight is 249 g/mol. The second-order valence-electron chi connectivity index (χ2n) is 5.66. The van der Waals surface area contributed by atoms with Crippen LogP contribution in [0.25, 0.3) is 0 Å². The van der Waals surface area contributed by atoms with Crippen LogP contribution >= 0.6 is 0 Å². The van der Waals surface area contributed by atoms with Crippen molar-refractivity contribution in [3.8, 4) is 0 Å². The van der Waals surface area contributed by atoms with E-state index in [9.17, 15) is 0 Å². The molecule has 4 heteroatoms. The molecule has 3 rings (SSSR count). The van der Waals surface area contributed by atoms with Crippen LogP contribution in [0.4, 0.5) is 0 Å². The molecule has 2 aliphatic heterocycles. The van der Waals surface area contributed by atoms with Gasteiger partial charge in [-0.05, 0) is 37.8 Å². The maximum Gasteiger partial charge on any atom is 0.0623 e. The molecule has 0 spiro atoms. The zero-order chi connectivity index (χ0) is 12.5. The summed E-state index contributed by atoms with van der Waals surface area (Å²) in [6.07, 6.45) is 9.97. The van der Waals surface area contributed by atoms with Crippen LogP contribution in [0.5, 0.6) is 0 Å². The summed E-state index contributed by atoms with van der Waals surface area (Å²) >= 11 is 0. The van der Waals surface area contributed by atoms with Gasteiger partial charge in [-0.25, -0.2) is 0 Å². The molecule has 100 valence electrons. The average Bonchev–Trinajstić information content (AvgIpc) is 3.05. The first kappa shape index (κ1) is 12.2. The lowest BCUT2D eigenvalue weighted by Crippen LogP contribution is -2.42. The van der Waals surface area contributed by atoms with Gasteiger partial charge < -0.3 is 10.1 Å². The Kier molecular flexibility index (Phi) is 3.39. The molecule has 18 heavy (non-hydrogen) atoms. The smallest absolute Gasteiger partial charge is 0.0623 e. The highest BCUT2D eigenvalue weighted by Crippen LogP contribution is 2.40. The summed E-state index contributed by atoms with van der Waals surface area (Å²) in [6, 6.07) is 0.537. The second kappa shape index (κ2) is 5.02. The summed E-state index contributed by atoms with van der Waals surface area (Å²) in [6.45, 7) is 3.21. The first-order valence-corrected chi connectivity index (χ1v) is 7.12. The summed E-state index contributed by atoms with van der Waals surface area (Å²) < 4.78 is 7.88. The van der Waals surface area contributed by atoms with Crippen LogP contribution in [0, 0.1) is 5.92 Å². The van der Waals surface area contributed by atoms with Gasteiger partial charge in [0.15, 0.2) is 0 Å². The van der Waals surface area contributed by atoms with E-state index in [2.05, 4.69) is 23.5 Å². The molecule has 2 bridgehead atoms. The number of ether oxygens (including phenoxy) is 1. The van der Waals surface area contributed by atoms with E-state index >= 15 is 0 Å². The highest BCUT2D eigenvalue weighted by atomic mass is 16.5. The van der Waals surface area contributed by atoms with Crippen molar-refractivity contribution in [3.05, 3.63) is 18.0 Å². The van der Waals surface area contributed by atoms with Gasteiger partial charge in [-0.2, -0.15) is 5.10 Å². The Labute approximate surface area is 109 Å². The molecule has 2 fully saturated rings. The Bertz CT molecular complexity index is 403. The summed E-state index contributed by atoms with van der Waals surface area (Å²) in [5.74, 6) is 0.684. The fraction of sp³-hybridized carbons (Fsp3) is 0.786. The third kappa shape index (κ3) is 2.31. The first-order valence-electron chi connectivity index (χ1n) is 7.12. The summed E-state index contributed by atoms with van der Waals surface area (Å²) in [4.78, 5) is 0. The van der Waals surface area contributed by atoms with E-state index in [1.807, 2.05) is 17.9 Å². The number of aromatic nitrogens is 2. The third-order valence-electron chi connectivity index (χ3n) is 4.35. The van der Waals surface area contributed by atoms with E-state index in [4.69, 9.17) is 4.74 Å². The van der Waals surface area contributed by atoms with E-state index < -0.39 is 0 Å². The van der Waals surface area contributed by atoms with Gasteiger partial charge in [0.2, 0.25) is 0 Å². The normalized spacial score (nSPS) is 32.0. The summed E-state index contributed by atoms with van der Waals surface area (Å²) in [5.41, 5.74) is 1.33. The molecule has 4 unspecified atom stereocenters. The van der Waals surface area contributed by atoms with Crippen LogP contribution in [-0.4, -0.2) is 34.6 Å². The van der Waals surface area contributed by atoms with Crippen LogP contribution in [0.2, 0.25) is 0 Å². The molecule has 0 radical (unpaired) electrons. The van der Waals surface area contributed by atoms with Crippen molar-refractivity contribution in [1.82, 2.24) is 15.1 Å². The Morgan fingerprint density at radius 3 is 3.00 bits per heavy atom. The maximum absolute atomic E-state index is 5.99. The zero-order valence-corrected chi connectivity index (χ0v) is 11.3. The Morgan fingerprint density at radius 1 is 1.56 bits per heavy atom. The molecule has 2 saturated heterocycles. The fourth-order valence-electron chi connectivity index (χ4n) is 3.57. The van der Waals surface area contributed by atoms with Crippen LogP contribution in [0.3, 0.4) is 0 Å². The largest absolute Gasteiger partial charge is 0.375 e. The van der Waals surface area contributed by atoms with E-state index in [1.165, 1.54) is 24.8 Å². The monoisotopic (exact) mass is 249 g/mol. The highest BCUT2D eigenvalue weighted by Gasteiger charge is 2.44. The van der Waals surface area contributed by atoms with Gasteiger partial charge in [0.05, 0.1) is 18.4 Å². The molecule has 2 aliphatic rings. The molecule has 4 nitrogen and oxygen atoms in total. The van der Waals surface area contributed by atoms with Crippen LogP contribution < -0.4 is 5.32 Å². The lowest BCUT2D eigenvalue weighted by molar-refractivity contribution is 0.0858. The van der Waals surface area contributed by atoms with E-state index in [0.717, 1.165) is 13.0 Å². The van der Waals surface area contributed by atoms with Gasteiger partial charge in [-0.1, -0.05) is 6.92 Å². The van der Waals surface area contributed by atoms with Gasteiger partial charge in [-0.15, -0.1) is 0 Å². The van der Waals surface area contributed by atoms with Crippen molar-refractivity contribution in [2.24, 2.45) is 13.0 Å². The highest BCUT2D eigenvalue weighted by molar-refractivity contribution is 5.08. The minimum Gasteiger partial charge on any atom is -0.375 e. The minimum absolute atomic E-state index is 0.496. The molecule has 0 saturated carbocycles. The predicted molar refractivity (Wildman–Crippen MR) is 70.4 cm³/mol. The zero-order valence-electron chi connectivity index (χ0n) is 11.3. The van der Waals surface area contributed by atoms with Gasteiger partial charge in [0, 0.05) is 25.2 Å². The number of likely N-dealkylation sites (N-methyl/N-ethyl adjacent to an activating group) is 1. The molecule has 0 aliphatic carbocycles. The van der Waals surface area contributed by atoms with Gasteiger partial charge in [0.25, 0.3) is 0 Å². The van der Waals surface area contributed by atoms with Gasteiger partial charge in [0.1, 0.15) is 0 Å².